The van der Waals surface area contributed by atoms with Crippen molar-refractivity contribution >= 4 is 22.7 Å². The van der Waals surface area contributed by atoms with Gasteiger partial charge < -0.3 is 10.4 Å². The quantitative estimate of drug-likeness (QED) is 0.799. The molecule has 1 amide bonds. The summed E-state index contributed by atoms with van der Waals surface area (Å²) in [7, 11) is -1.25. The van der Waals surface area contributed by atoms with Crippen LogP contribution in [0.3, 0.4) is 0 Å². The first-order valence-corrected chi connectivity index (χ1v) is 6.76. The number of nitrogens with one attached hydrogen (secondary N) is 1. The Balaban J connectivity index is 2.55. The predicted octanol–water partition coefficient (Wildman–Crippen LogP) is 0.774. The van der Waals surface area contributed by atoms with E-state index in [9.17, 15) is 13.8 Å². The second kappa shape index (κ2) is 6.90. The summed E-state index contributed by atoms with van der Waals surface area (Å²) < 4.78 is 11.9. The van der Waals surface area contributed by atoms with E-state index in [0.717, 1.165) is 0 Å². The van der Waals surface area contributed by atoms with Gasteiger partial charge in [0, 0.05) is 17.6 Å². The van der Waals surface area contributed by atoms with Crippen LogP contribution in [-0.2, 0) is 20.4 Å². The van der Waals surface area contributed by atoms with Gasteiger partial charge >= 0.3 is 5.97 Å². The Labute approximate surface area is 108 Å². The number of benzene rings is 1. The molecule has 0 radical (unpaired) electrons. The first-order valence-electron chi connectivity index (χ1n) is 5.44. The van der Waals surface area contributed by atoms with Crippen molar-refractivity contribution in [3.63, 3.8) is 0 Å². The summed E-state index contributed by atoms with van der Waals surface area (Å²) in [4.78, 5) is 22.4. The fourth-order valence-electron chi connectivity index (χ4n) is 1.42. The largest absolute Gasteiger partial charge is 0.480 e. The van der Waals surface area contributed by atoms with E-state index in [2.05, 4.69) is 5.32 Å². The molecule has 98 valence electrons. The molecule has 6 heteroatoms. The molecule has 0 aromatic heterocycles. The van der Waals surface area contributed by atoms with E-state index in [4.69, 9.17) is 5.11 Å². The van der Waals surface area contributed by atoms with Gasteiger partial charge in [0.1, 0.15) is 6.04 Å². The number of hydrogen-bond donors (Lipinski definition) is 2. The standard InChI is InChI=1S/C12H15NO4S/c1-9(14)13-11(12(15)16)7-8-18(17)10-5-3-2-4-6-10/h2-6,11H,7-8H2,1H3,(H,13,14)(H,15,16)/t11-,18+/m1/s1. The molecule has 0 fully saturated rings. The van der Waals surface area contributed by atoms with Gasteiger partial charge in [-0.2, -0.15) is 0 Å². The van der Waals surface area contributed by atoms with E-state index in [-0.39, 0.29) is 12.2 Å². The Bertz CT molecular complexity index is 447. The Morgan fingerprint density at radius 3 is 2.44 bits per heavy atom. The third kappa shape index (κ3) is 4.67. The maximum atomic E-state index is 11.9. The smallest absolute Gasteiger partial charge is 0.326 e. The van der Waals surface area contributed by atoms with Gasteiger partial charge in [0.25, 0.3) is 0 Å². The van der Waals surface area contributed by atoms with Gasteiger partial charge in [0.2, 0.25) is 5.91 Å². The fourth-order valence-corrected chi connectivity index (χ4v) is 2.56. The average molecular weight is 269 g/mol. The number of amides is 1. The Hall–Kier alpha value is -1.69. The summed E-state index contributed by atoms with van der Waals surface area (Å²) in [6.07, 6.45) is 0.135. The van der Waals surface area contributed by atoms with Crippen molar-refractivity contribution in [2.75, 3.05) is 5.75 Å². The molecule has 0 saturated carbocycles. The Morgan fingerprint density at radius 1 is 1.33 bits per heavy atom. The summed E-state index contributed by atoms with van der Waals surface area (Å²) in [5.74, 6) is -1.33. The van der Waals surface area contributed by atoms with Crippen LogP contribution in [0, 0.1) is 0 Å². The van der Waals surface area contributed by atoms with E-state index in [1.54, 1.807) is 24.3 Å². The van der Waals surface area contributed by atoms with Crippen LogP contribution in [0.25, 0.3) is 0 Å². The second-order valence-electron chi connectivity index (χ2n) is 3.74. The maximum absolute atomic E-state index is 11.9. The van der Waals surface area contributed by atoms with Crippen LogP contribution in [0.15, 0.2) is 35.2 Å². The van der Waals surface area contributed by atoms with Gasteiger partial charge in [-0.15, -0.1) is 0 Å². The predicted molar refractivity (Wildman–Crippen MR) is 67.6 cm³/mol. The topological polar surface area (TPSA) is 83.5 Å². The molecule has 0 unspecified atom stereocenters. The van der Waals surface area contributed by atoms with Crippen molar-refractivity contribution in [1.82, 2.24) is 5.32 Å². The van der Waals surface area contributed by atoms with Gasteiger partial charge in [0.15, 0.2) is 0 Å². The molecule has 0 aliphatic carbocycles. The third-order valence-corrected chi connectivity index (χ3v) is 3.68. The highest BCUT2D eigenvalue weighted by molar-refractivity contribution is 7.85. The number of carboxylic acid groups (broad SMARTS) is 1. The molecular weight excluding hydrogens is 254 g/mol. The molecule has 0 spiro atoms. The van der Waals surface area contributed by atoms with Crippen LogP contribution < -0.4 is 5.32 Å². The Kier molecular flexibility index (Phi) is 5.51. The molecule has 1 rings (SSSR count). The Morgan fingerprint density at radius 2 is 1.94 bits per heavy atom. The molecule has 0 aliphatic rings. The normalized spacial score (nSPS) is 13.6. The molecular formula is C12H15NO4S. The maximum Gasteiger partial charge on any atom is 0.326 e. The second-order valence-corrected chi connectivity index (χ2v) is 5.31. The summed E-state index contributed by atoms with van der Waals surface area (Å²) in [5, 5.41) is 11.2. The van der Waals surface area contributed by atoms with Gasteiger partial charge in [-0.3, -0.25) is 9.00 Å². The number of carbonyl (C=O) groups is 2. The van der Waals surface area contributed by atoms with Crippen LogP contribution in [0.2, 0.25) is 0 Å². The minimum atomic E-state index is -1.25. The zero-order valence-electron chi connectivity index (χ0n) is 9.96. The first-order chi connectivity index (χ1) is 8.50. The molecule has 0 saturated heterocycles. The van der Waals surface area contributed by atoms with Gasteiger partial charge in [-0.05, 0) is 18.6 Å². The van der Waals surface area contributed by atoms with E-state index < -0.39 is 28.7 Å². The van der Waals surface area contributed by atoms with Crippen LogP contribution in [0.1, 0.15) is 13.3 Å². The van der Waals surface area contributed by atoms with Crippen LogP contribution in [0.4, 0.5) is 0 Å². The highest BCUT2D eigenvalue weighted by atomic mass is 32.2. The van der Waals surface area contributed by atoms with Crippen molar-refractivity contribution in [3.05, 3.63) is 30.3 Å². The van der Waals surface area contributed by atoms with Crippen molar-refractivity contribution in [2.24, 2.45) is 0 Å². The van der Waals surface area contributed by atoms with E-state index >= 15 is 0 Å². The molecule has 18 heavy (non-hydrogen) atoms. The number of aliphatic carboxylic acids is 1. The minimum Gasteiger partial charge on any atom is -0.480 e. The van der Waals surface area contributed by atoms with Crippen molar-refractivity contribution in [1.29, 1.82) is 0 Å². The van der Waals surface area contributed by atoms with E-state index in [1.807, 2.05) is 6.07 Å². The molecule has 1 aromatic rings. The lowest BCUT2D eigenvalue weighted by molar-refractivity contribution is -0.141. The number of rotatable bonds is 6. The molecule has 0 bridgehead atoms. The highest BCUT2D eigenvalue weighted by Crippen LogP contribution is 2.07. The van der Waals surface area contributed by atoms with Gasteiger partial charge in [-0.1, -0.05) is 18.2 Å². The molecule has 2 N–H and O–H groups in total. The van der Waals surface area contributed by atoms with Crippen LogP contribution in [-0.4, -0.2) is 33.0 Å². The van der Waals surface area contributed by atoms with Crippen LogP contribution in [0.5, 0.6) is 0 Å². The monoisotopic (exact) mass is 269 g/mol. The number of carboxylic acids is 1. The zero-order chi connectivity index (χ0) is 13.5. The number of carbonyl (C=O) groups excluding carboxylic acids is 1. The number of hydrogen-bond acceptors (Lipinski definition) is 3. The summed E-state index contributed by atoms with van der Waals surface area (Å²) in [6, 6.07) is 7.83. The summed E-state index contributed by atoms with van der Waals surface area (Å²) in [6.45, 7) is 1.25. The SMILES string of the molecule is CC(=O)N[C@H](CC[S@](=O)c1ccccc1)C(=O)O. The minimum absolute atomic E-state index is 0.135. The van der Waals surface area contributed by atoms with Crippen molar-refractivity contribution in [3.8, 4) is 0 Å². The lowest BCUT2D eigenvalue weighted by atomic mass is 10.2. The average Bonchev–Trinajstić information content (AvgIpc) is 2.34. The molecule has 1 aromatic carbocycles. The van der Waals surface area contributed by atoms with Crippen LogP contribution >= 0.6 is 0 Å². The van der Waals surface area contributed by atoms with Gasteiger partial charge in [0.05, 0.1) is 10.8 Å². The third-order valence-electron chi connectivity index (χ3n) is 2.27. The van der Waals surface area contributed by atoms with Crippen molar-refractivity contribution < 1.29 is 18.9 Å². The lowest BCUT2D eigenvalue weighted by Crippen LogP contribution is -2.40. The first kappa shape index (κ1) is 14.4. The zero-order valence-corrected chi connectivity index (χ0v) is 10.8. The van der Waals surface area contributed by atoms with Crippen molar-refractivity contribution in [2.45, 2.75) is 24.3 Å². The molecule has 0 aliphatic heterocycles. The molecule has 5 nitrogen and oxygen atoms in total. The van der Waals surface area contributed by atoms with E-state index in [0.29, 0.717) is 4.90 Å². The van der Waals surface area contributed by atoms with E-state index in [1.165, 1.54) is 6.92 Å². The lowest BCUT2D eigenvalue weighted by Gasteiger charge is -2.12. The fraction of sp³-hybridized carbons (Fsp3) is 0.333. The molecule has 2 atom stereocenters. The highest BCUT2D eigenvalue weighted by Gasteiger charge is 2.19. The summed E-state index contributed by atoms with van der Waals surface area (Å²) >= 11 is 0. The van der Waals surface area contributed by atoms with Gasteiger partial charge in [-0.25, -0.2) is 4.79 Å². The summed E-state index contributed by atoms with van der Waals surface area (Å²) in [5.41, 5.74) is 0. The molecule has 0 heterocycles.